The second-order valence-corrected chi connectivity index (χ2v) is 7.59. The minimum atomic E-state index is -1.32. The van der Waals surface area contributed by atoms with Gasteiger partial charge >= 0.3 is 0 Å². The minimum absolute atomic E-state index is 0.0814. The highest BCUT2D eigenvalue weighted by atomic mass is 35.5. The highest BCUT2D eigenvalue weighted by Gasteiger charge is 2.24. The lowest BCUT2D eigenvalue weighted by Crippen LogP contribution is -2.20. The molecule has 5 aromatic rings. The van der Waals surface area contributed by atoms with E-state index >= 15 is 0 Å². The Balaban J connectivity index is 1.53. The molecule has 160 valence electrons. The van der Waals surface area contributed by atoms with Gasteiger partial charge in [0.15, 0.2) is 0 Å². The maximum Gasteiger partial charge on any atom is 0.275 e. The molecule has 0 saturated carbocycles. The van der Waals surface area contributed by atoms with Gasteiger partial charge in [-0.15, -0.1) is 0 Å². The maximum atomic E-state index is 14.1. The van der Waals surface area contributed by atoms with Crippen LogP contribution in [0.15, 0.2) is 53.6 Å². The van der Waals surface area contributed by atoms with Crippen LogP contribution in [-0.2, 0) is 6.54 Å². The van der Waals surface area contributed by atoms with E-state index in [9.17, 15) is 22.8 Å². The van der Waals surface area contributed by atoms with Crippen molar-refractivity contribution >= 4 is 39.3 Å². The largest absolute Gasteiger partial charge is 0.356 e. The number of rotatable bonds is 4. The van der Waals surface area contributed by atoms with Crippen LogP contribution >= 0.6 is 11.6 Å². The molecule has 2 aromatic carbocycles. The van der Waals surface area contributed by atoms with Crippen molar-refractivity contribution in [1.29, 1.82) is 0 Å². The molecule has 0 fully saturated rings. The summed E-state index contributed by atoms with van der Waals surface area (Å²) in [4.78, 5) is 35.9. The molecule has 3 aromatic heterocycles. The van der Waals surface area contributed by atoms with E-state index in [2.05, 4.69) is 15.0 Å². The van der Waals surface area contributed by atoms with Gasteiger partial charge in [0.05, 0.1) is 23.1 Å². The van der Waals surface area contributed by atoms with Crippen LogP contribution < -0.4 is 5.56 Å². The summed E-state index contributed by atoms with van der Waals surface area (Å²) >= 11 is 5.97. The standard InChI is InChI=1S/C22H12ClF3N4O2/c23-10-1-2-16-17(5-10)29-18(28-16)9-30-4-3-12-13(8-27-20(12)22(30)32)21(31)19-14(25)6-11(24)7-15(19)26/h1-8,27H,9H2,(H,28,29). The van der Waals surface area contributed by atoms with Crippen molar-refractivity contribution in [2.24, 2.45) is 0 Å². The van der Waals surface area contributed by atoms with Crippen LogP contribution in [0.3, 0.4) is 0 Å². The van der Waals surface area contributed by atoms with Gasteiger partial charge in [0.2, 0.25) is 5.78 Å². The molecule has 0 bridgehead atoms. The first-order valence-corrected chi connectivity index (χ1v) is 9.73. The van der Waals surface area contributed by atoms with E-state index in [1.54, 1.807) is 18.2 Å². The van der Waals surface area contributed by atoms with E-state index < -0.39 is 34.4 Å². The van der Waals surface area contributed by atoms with E-state index in [1.807, 2.05) is 0 Å². The molecule has 0 aliphatic rings. The molecule has 6 nitrogen and oxygen atoms in total. The van der Waals surface area contributed by atoms with E-state index in [-0.39, 0.29) is 23.0 Å². The molecular formula is C22H12ClF3N4O2. The lowest BCUT2D eigenvalue weighted by molar-refractivity contribution is 0.103. The molecular weight excluding hydrogens is 445 g/mol. The molecule has 32 heavy (non-hydrogen) atoms. The average Bonchev–Trinajstić information content (AvgIpc) is 3.33. The third-order valence-electron chi connectivity index (χ3n) is 5.11. The van der Waals surface area contributed by atoms with E-state index in [0.717, 1.165) is 5.52 Å². The molecule has 10 heteroatoms. The van der Waals surface area contributed by atoms with Gasteiger partial charge in [-0.05, 0) is 24.3 Å². The number of hydrogen-bond donors (Lipinski definition) is 2. The Labute approximate surface area is 182 Å². The van der Waals surface area contributed by atoms with Crippen LogP contribution in [0.4, 0.5) is 13.2 Å². The number of ketones is 1. The number of hydrogen-bond acceptors (Lipinski definition) is 3. The third-order valence-corrected chi connectivity index (χ3v) is 5.34. The Morgan fingerprint density at radius 3 is 2.59 bits per heavy atom. The number of benzene rings is 2. The number of nitrogens with one attached hydrogen (secondary N) is 2. The zero-order valence-electron chi connectivity index (χ0n) is 16.0. The number of carbonyl (C=O) groups is 1. The smallest absolute Gasteiger partial charge is 0.275 e. The average molecular weight is 457 g/mol. The third kappa shape index (κ3) is 3.27. The number of aromatic nitrogens is 4. The number of H-pyrrole nitrogens is 2. The Morgan fingerprint density at radius 1 is 1.09 bits per heavy atom. The fraction of sp³-hybridized carbons (Fsp3) is 0.0455. The number of halogens is 4. The van der Waals surface area contributed by atoms with Crippen LogP contribution in [0.25, 0.3) is 21.9 Å². The van der Waals surface area contributed by atoms with Crippen LogP contribution in [-0.4, -0.2) is 25.3 Å². The zero-order valence-corrected chi connectivity index (χ0v) is 16.8. The van der Waals surface area contributed by atoms with Crippen LogP contribution in [0, 0.1) is 17.5 Å². The number of carbonyl (C=O) groups excluding carboxylic acids is 1. The highest BCUT2D eigenvalue weighted by Crippen LogP contribution is 2.23. The molecule has 5 rings (SSSR count). The monoisotopic (exact) mass is 456 g/mol. The summed E-state index contributed by atoms with van der Waals surface area (Å²) in [6.07, 6.45) is 2.65. The molecule has 0 atom stereocenters. The Kier molecular flexibility index (Phi) is 4.63. The molecule has 0 radical (unpaired) electrons. The van der Waals surface area contributed by atoms with Gasteiger partial charge in [0.25, 0.3) is 5.56 Å². The topological polar surface area (TPSA) is 83.5 Å². The summed E-state index contributed by atoms with van der Waals surface area (Å²) in [6, 6.07) is 7.53. The van der Waals surface area contributed by atoms with Gasteiger partial charge in [0, 0.05) is 40.5 Å². The van der Waals surface area contributed by atoms with Crippen LogP contribution in [0.5, 0.6) is 0 Å². The lowest BCUT2D eigenvalue weighted by atomic mass is 10.0. The summed E-state index contributed by atoms with van der Waals surface area (Å²) in [5, 5.41) is 0.725. The summed E-state index contributed by atoms with van der Waals surface area (Å²) in [6.45, 7) is 0.116. The number of fused-ring (bicyclic) bond motifs is 2. The second-order valence-electron chi connectivity index (χ2n) is 7.16. The van der Waals surface area contributed by atoms with E-state index in [0.29, 0.717) is 28.5 Å². The number of imidazole rings is 1. The van der Waals surface area contributed by atoms with Gasteiger partial charge in [0.1, 0.15) is 28.8 Å². The predicted octanol–water partition coefficient (Wildman–Crippen LogP) is 4.56. The van der Waals surface area contributed by atoms with Crippen molar-refractivity contribution in [2.75, 3.05) is 0 Å². The van der Waals surface area contributed by atoms with Crippen molar-refractivity contribution in [3.8, 4) is 0 Å². The van der Waals surface area contributed by atoms with Crippen molar-refractivity contribution in [3.05, 3.63) is 98.6 Å². The molecule has 0 spiro atoms. The summed E-state index contributed by atoms with van der Waals surface area (Å²) in [5.41, 5.74) is 0.0369. The quantitative estimate of drug-likeness (QED) is 0.389. The first-order chi connectivity index (χ1) is 15.3. The van der Waals surface area contributed by atoms with Crippen molar-refractivity contribution in [1.82, 2.24) is 19.5 Å². The van der Waals surface area contributed by atoms with Crippen molar-refractivity contribution < 1.29 is 18.0 Å². The fourth-order valence-electron chi connectivity index (χ4n) is 3.63. The first-order valence-electron chi connectivity index (χ1n) is 9.36. The summed E-state index contributed by atoms with van der Waals surface area (Å²) in [7, 11) is 0. The van der Waals surface area contributed by atoms with Gasteiger partial charge in [-0.1, -0.05) is 11.6 Å². The number of pyridine rings is 1. The number of nitrogens with zero attached hydrogens (tertiary/aromatic N) is 2. The number of aromatic amines is 2. The van der Waals surface area contributed by atoms with E-state index in [1.165, 1.54) is 23.0 Å². The normalized spacial score (nSPS) is 11.5. The Bertz CT molecular complexity index is 1580. The van der Waals surface area contributed by atoms with E-state index in [4.69, 9.17) is 11.6 Å². The molecule has 2 N–H and O–H groups in total. The molecule has 0 unspecified atom stereocenters. The predicted molar refractivity (Wildman–Crippen MR) is 113 cm³/mol. The highest BCUT2D eigenvalue weighted by molar-refractivity contribution is 6.31. The molecule has 0 aliphatic heterocycles. The molecule has 0 amide bonds. The molecule has 0 aliphatic carbocycles. The Hall–Kier alpha value is -3.85. The van der Waals surface area contributed by atoms with Crippen LogP contribution in [0.2, 0.25) is 5.02 Å². The lowest BCUT2D eigenvalue weighted by Gasteiger charge is -2.05. The Morgan fingerprint density at radius 2 is 1.84 bits per heavy atom. The maximum absolute atomic E-state index is 14.1. The van der Waals surface area contributed by atoms with Gasteiger partial charge < -0.3 is 14.5 Å². The first kappa shape index (κ1) is 20.1. The molecule has 3 heterocycles. The summed E-state index contributed by atoms with van der Waals surface area (Å²) < 4.78 is 42.7. The van der Waals surface area contributed by atoms with Crippen molar-refractivity contribution in [3.63, 3.8) is 0 Å². The summed E-state index contributed by atoms with van der Waals surface area (Å²) in [5.74, 6) is -4.26. The fourth-order valence-corrected chi connectivity index (χ4v) is 3.80. The van der Waals surface area contributed by atoms with Crippen molar-refractivity contribution in [2.45, 2.75) is 6.54 Å². The second kappa shape index (κ2) is 7.38. The zero-order chi connectivity index (χ0) is 22.6. The molecule has 0 saturated heterocycles. The van der Waals surface area contributed by atoms with Gasteiger partial charge in [-0.3, -0.25) is 9.59 Å². The van der Waals surface area contributed by atoms with Gasteiger partial charge in [-0.25, -0.2) is 18.2 Å². The SMILES string of the molecule is O=C(c1c(F)cc(F)cc1F)c1c[nH]c2c(=O)n(Cc3nc4cc(Cl)ccc4[nH]3)ccc12. The van der Waals surface area contributed by atoms with Crippen LogP contribution in [0.1, 0.15) is 21.7 Å². The minimum Gasteiger partial charge on any atom is -0.356 e. The van der Waals surface area contributed by atoms with Gasteiger partial charge in [-0.2, -0.15) is 0 Å².